The highest BCUT2D eigenvalue weighted by Gasteiger charge is 2.27. The third-order valence-corrected chi connectivity index (χ3v) is 3.17. The summed E-state index contributed by atoms with van der Waals surface area (Å²) in [6.45, 7) is 5.58. The SMILES string of the molecule is Cc1cnc(N)nc1N1CCC(C(C)O)C1. The predicted octanol–water partition coefficient (Wildman–Crippen LogP) is 0.574. The van der Waals surface area contributed by atoms with Crippen LogP contribution in [0.25, 0.3) is 0 Å². The lowest BCUT2D eigenvalue weighted by Crippen LogP contribution is -2.25. The van der Waals surface area contributed by atoms with E-state index in [9.17, 15) is 5.11 Å². The molecule has 1 aliphatic rings. The van der Waals surface area contributed by atoms with E-state index in [4.69, 9.17) is 5.73 Å². The number of aliphatic hydroxyl groups is 1. The van der Waals surface area contributed by atoms with Gasteiger partial charge in [-0.2, -0.15) is 4.98 Å². The molecule has 5 nitrogen and oxygen atoms in total. The van der Waals surface area contributed by atoms with Crippen molar-refractivity contribution in [1.29, 1.82) is 0 Å². The first-order valence-electron chi connectivity index (χ1n) is 5.60. The fourth-order valence-corrected chi connectivity index (χ4v) is 2.14. The van der Waals surface area contributed by atoms with Crippen molar-refractivity contribution in [3.8, 4) is 0 Å². The van der Waals surface area contributed by atoms with E-state index < -0.39 is 0 Å². The van der Waals surface area contributed by atoms with Crippen LogP contribution in [0.4, 0.5) is 11.8 Å². The van der Waals surface area contributed by atoms with Gasteiger partial charge in [0.05, 0.1) is 6.10 Å². The summed E-state index contributed by atoms with van der Waals surface area (Å²) >= 11 is 0. The third-order valence-electron chi connectivity index (χ3n) is 3.17. The molecule has 2 unspecified atom stereocenters. The number of rotatable bonds is 2. The normalized spacial score (nSPS) is 22.4. The summed E-state index contributed by atoms with van der Waals surface area (Å²) in [5.41, 5.74) is 6.62. The van der Waals surface area contributed by atoms with Gasteiger partial charge < -0.3 is 15.7 Å². The van der Waals surface area contributed by atoms with Gasteiger partial charge in [0.1, 0.15) is 5.82 Å². The summed E-state index contributed by atoms with van der Waals surface area (Å²) in [4.78, 5) is 10.4. The molecule has 1 aromatic rings. The Hall–Kier alpha value is -1.36. The zero-order valence-electron chi connectivity index (χ0n) is 9.72. The van der Waals surface area contributed by atoms with E-state index in [1.807, 2.05) is 13.8 Å². The fourth-order valence-electron chi connectivity index (χ4n) is 2.14. The van der Waals surface area contributed by atoms with Crippen LogP contribution in [0.1, 0.15) is 18.9 Å². The molecule has 0 saturated carbocycles. The van der Waals surface area contributed by atoms with Crippen molar-refractivity contribution in [1.82, 2.24) is 9.97 Å². The maximum absolute atomic E-state index is 9.56. The highest BCUT2D eigenvalue weighted by atomic mass is 16.3. The first-order chi connectivity index (χ1) is 7.58. The molecule has 1 aliphatic heterocycles. The monoisotopic (exact) mass is 222 g/mol. The van der Waals surface area contributed by atoms with E-state index in [2.05, 4.69) is 14.9 Å². The van der Waals surface area contributed by atoms with E-state index in [0.29, 0.717) is 11.9 Å². The van der Waals surface area contributed by atoms with E-state index in [1.165, 1.54) is 0 Å². The topological polar surface area (TPSA) is 75.3 Å². The molecular formula is C11H18N4O. The lowest BCUT2D eigenvalue weighted by Gasteiger charge is -2.20. The van der Waals surface area contributed by atoms with Crippen LogP contribution in [0.15, 0.2) is 6.20 Å². The Morgan fingerprint density at radius 3 is 3.00 bits per heavy atom. The molecule has 0 aromatic carbocycles. The molecular weight excluding hydrogens is 204 g/mol. The van der Waals surface area contributed by atoms with E-state index in [-0.39, 0.29) is 6.10 Å². The number of aliphatic hydroxyl groups excluding tert-OH is 1. The predicted molar refractivity (Wildman–Crippen MR) is 63.2 cm³/mol. The first-order valence-corrected chi connectivity index (χ1v) is 5.60. The lowest BCUT2D eigenvalue weighted by atomic mass is 10.0. The van der Waals surface area contributed by atoms with E-state index in [0.717, 1.165) is 30.9 Å². The maximum Gasteiger partial charge on any atom is 0.221 e. The summed E-state index contributed by atoms with van der Waals surface area (Å²) < 4.78 is 0. The molecule has 0 spiro atoms. The van der Waals surface area contributed by atoms with Crippen molar-refractivity contribution in [2.24, 2.45) is 5.92 Å². The number of nitrogens with two attached hydrogens (primary N) is 1. The molecule has 0 radical (unpaired) electrons. The second kappa shape index (κ2) is 4.25. The maximum atomic E-state index is 9.56. The Morgan fingerprint density at radius 1 is 1.62 bits per heavy atom. The van der Waals surface area contributed by atoms with Crippen molar-refractivity contribution in [2.75, 3.05) is 23.7 Å². The second-order valence-corrected chi connectivity index (χ2v) is 4.47. The highest BCUT2D eigenvalue weighted by Crippen LogP contribution is 2.26. The molecule has 88 valence electrons. The zero-order valence-corrected chi connectivity index (χ0v) is 9.72. The minimum Gasteiger partial charge on any atom is -0.393 e. The van der Waals surface area contributed by atoms with Gasteiger partial charge in [-0.15, -0.1) is 0 Å². The molecule has 2 heterocycles. The summed E-state index contributed by atoms with van der Waals surface area (Å²) in [6.07, 6.45) is 2.48. The average Bonchev–Trinajstić information content (AvgIpc) is 2.70. The smallest absolute Gasteiger partial charge is 0.221 e. The van der Waals surface area contributed by atoms with Crippen molar-refractivity contribution < 1.29 is 5.11 Å². The summed E-state index contributed by atoms with van der Waals surface area (Å²) in [6, 6.07) is 0. The molecule has 1 saturated heterocycles. The van der Waals surface area contributed by atoms with Gasteiger partial charge in [-0.25, -0.2) is 4.98 Å². The van der Waals surface area contributed by atoms with Crippen LogP contribution in [0.2, 0.25) is 0 Å². The molecule has 1 fully saturated rings. The number of hydrogen-bond donors (Lipinski definition) is 2. The number of anilines is 2. The largest absolute Gasteiger partial charge is 0.393 e. The summed E-state index contributed by atoms with van der Waals surface area (Å²) in [5, 5.41) is 9.56. The van der Waals surface area contributed by atoms with Crippen LogP contribution in [-0.2, 0) is 0 Å². The van der Waals surface area contributed by atoms with Crippen LogP contribution in [0.3, 0.4) is 0 Å². The van der Waals surface area contributed by atoms with Crippen LogP contribution < -0.4 is 10.6 Å². The van der Waals surface area contributed by atoms with Gasteiger partial charge in [-0.1, -0.05) is 0 Å². The Kier molecular flexibility index (Phi) is 2.96. The Morgan fingerprint density at radius 2 is 2.38 bits per heavy atom. The molecule has 5 heteroatoms. The number of aryl methyl sites for hydroxylation is 1. The highest BCUT2D eigenvalue weighted by molar-refractivity contribution is 5.48. The molecule has 1 aromatic heterocycles. The van der Waals surface area contributed by atoms with Gasteiger partial charge in [-0.3, -0.25) is 0 Å². The van der Waals surface area contributed by atoms with Gasteiger partial charge in [0, 0.05) is 30.8 Å². The minimum absolute atomic E-state index is 0.260. The van der Waals surface area contributed by atoms with Gasteiger partial charge in [0.2, 0.25) is 5.95 Å². The minimum atomic E-state index is -0.260. The first kappa shape index (κ1) is 11.1. The molecule has 16 heavy (non-hydrogen) atoms. The standard InChI is InChI=1S/C11H18N4O/c1-7-5-13-11(12)14-10(7)15-4-3-9(6-15)8(2)16/h5,8-9,16H,3-4,6H2,1-2H3,(H2,12,13,14). The van der Waals surface area contributed by atoms with Crippen molar-refractivity contribution >= 4 is 11.8 Å². The van der Waals surface area contributed by atoms with E-state index in [1.54, 1.807) is 6.20 Å². The van der Waals surface area contributed by atoms with Gasteiger partial charge >= 0.3 is 0 Å². The molecule has 0 aliphatic carbocycles. The fraction of sp³-hybridized carbons (Fsp3) is 0.636. The third kappa shape index (κ3) is 2.09. The van der Waals surface area contributed by atoms with Crippen LogP contribution in [-0.4, -0.2) is 34.3 Å². The van der Waals surface area contributed by atoms with Crippen LogP contribution in [0.5, 0.6) is 0 Å². The van der Waals surface area contributed by atoms with Gasteiger partial charge in [-0.05, 0) is 20.3 Å². The number of nitrogens with zero attached hydrogens (tertiary/aromatic N) is 3. The van der Waals surface area contributed by atoms with E-state index >= 15 is 0 Å². The number of nitrogen functional groups attached to an aromatic ring is 1. The number of aromatic nitrogens is 2. The summed E-state index contributed by atoms with van der Waals surface area (Å²) in [5.74, 6) is 1.53. The molecule has 2 rings (SSSR count). The summed E-state index contributed by atoms with van der Waals surface area (Å²) in [7, 11) is 0. The Bertz CT molecular complexity index is 380. The van der Waals surface area contributed by atoms with Crippen molar-refractivity contribution in [3.05, 3.63) is 11.8 Å². The second-order valence-electron chi connectivity index (χ2n) is 4.47. The lowest BCUT2D eigenvalue weighted by molar-refractivity contribution is 0.136. The molecule has 2 atom stereocenters. The molecule has 3 N–H and O–H groups in total. The molecule has 0 amide bonds. The quantitative estimate of drug-likeness (QED) is 0.765. The van der Waals surface area contributed by atoms with Gasteiger partial charge in [0.25, 0.3) is 0 Å². The number of hydrogen-bond acceptors (Lipinski definition) is 5. The average molecular weight is 222 g/mol. The zero-order chi connectivity index (χ0) is 11.7. The molecule has 0 bridgehead atoms. The van der Waals surface area contributed by atoms with Gasteiger partial charge in [0.15, 0.2) is 0 Å². The van der Waals surface area contributed by atoms with Crippen molar-refractivity contribution in [3.63, 3.8) is 0 Å². The Balaban J connectivity index is 2.17. The van der Waals surface area contributed by atoms with Crippen LogP contribution in [0, 0.1) is 12.8 Å². The Labute approximate surface area is 95.3 Å². The van der Waals surface area contributed by atoms with Crippen LogP contribution >= 0.6 is 0 Å². The van der Waals surface area contributed by atoms with Crippen molar-refractivity contribution in [2.45, 2.75) is 26.4 Å².